The van der Waals surface area contributed by atoms with Gasteiger partial charge in [-0.15, -0.1) is 11.3 Å². The first-order chi connectivity index (χ1) is 6.45. The van der Waals surface area contributed by atoms with E-state index in [0.29, 0.717) is 0 Å². The van der Waals surface area contributed by atoms with Crippen LogP contribution in [0.4, 0.5) is 0 Å². The van der Waals surface area contributed by atoms with Gasteiger partial charge in [-0.3, -0.25) is 0 Å². The molecule has 1 aliphatic carbocycles. The summed E-state index contributed by atoms with van der Waals surface area (Å²) >= 11 is 1.58. The molecule has 0 atom stereocenters. The fraction of sp³-hybridized carbons (Fsp3) is 0.182. The van der Waals surface area contributed by atoms with Crippen LogP contribution in [-0.2, 0) is 0 Å². The Morgan fingerprint density at radius 2 is 2.31 bits per heavy atom. The number of rotatable bonds is 0. The molecule has 0 spiro atoms. The average molecular weight is 187 g/mol. The zero-order valence-electron chi connectivity index (χ0n) is 7.16. The normalized spacial score (nSPS) is 14.6. The van der Waals surface area contributed by atoms with Crippen molar-refractivity contribution in [2.75, 3.05) is 0 Å². The summed E-state index contributed by atoms with van der Waals surface area (Å²) in [6.07, 6.45) is 10.4. The van der Waals surface area contributed by atoms with Crippen molar-refractivity contribution in [3.05, 3.63) is 40.4 Å². The van der Waals surface area contributed by atoms with Crippen LogP contribution in [0.5, 0.6) is 0 Å². The van der Waals surface area contributed by atoms with Gasteiger partial charge < -0.3 is 0 Å². The molecule has 0 amide bonds. The lowest BCUT2D eigenvalue weighted by Crippen LogP contribution is -1.80. The zero-order chi connectivity index (χ0) is 8.93. The van der Waals surface area contributed by atoms with E-state index in [1.807, 2.05) is 5.38 Å². The van der Waals surface area contributed by atoms with Crippen molar-refractivity contribution >= 4 is 11.3 Å². The Labute approximate surface area is 81.8 Å². The summed E-state index contributed by atoms with van der Waals surface area (Å²) < 4.78 is 0. The summed E-state index contributed by atoms with van der Waals surface area (Å²) in [5.74, 6) is 6.13. The molecular formula is C11H9NS. The number of aromatic nitrogens is 1. The summed E-state index contributed by atoms with van der Waals surface area (Å²) in [7, 11) is 0. The van der Waals surface area contributed by atoms with Gasteiger partial charge in [0.25, 0.3) is 0 Å². The standard InChI is InChI=1S/C11H9NS/c1-2-4-10(5-3-1)6-7-11-12-8-9-13-11/h2,4-5,8-9H,1,3H2. The molecule has 0 unspecified atom stereocenters. The molecule has 1 aliphatic rings. The predicted molar refractivity (Wildman–Crippen MR) is 55.4 cm³/mol. The van der Waals surface area contributed by atoms with E-state index in [0.717, 1.165) is 23.4 Å². The third-order valence-electron chi connectivity index (χ3n) is 1.74. The molecule has 2 rings (SSSR count). The van der Waals surface area contributed by atoms with Crippen LogP contribution in [0.2, 0.25) is 0 Å². The Morgan fingerprint density at radius 1 is 1.31 bits per heavy atom. The molecule has 0 N–H and O–H groups in total. The molecule has 1 aromatic heterocycles. The molecule has 0 fully saturated rings. The Bertz CT molecular complexity index is 387. The largest absolute Gasteiger partial charge is 0.236 e. The topological polar surface area (TPSA) is 12.9 Å². The van der Waals surface area contributed by atoms with Crippen LogP contribution in [0, 0.1) is 11.8 Å². The minimum absolute atomic E-state index is 0.889. The zero-order valence-corrected chi connectivity index (χ0v) is 7.97. The average Bonchev–Trinajstić information content (AvgIpc) is 2.69. The molecule has 0 aromatic carbocycles. The molecule has 1 nitrogen and oxygen atoms in total. The highest BCUT2D eigenvalue weighted by atomic mass is 32.1. The summed E-state index contributed by atoms with van der Waals surface area (Å²) in [4.78, 5) is 4.09. The van der Waals surface area contributed by atoms with Crippen molar-refractivity contribution in [1.82, 2.24) is 4.98 Å². The second kappa shape index (κ2) is 4.06. The van der Waals surface area contributed by atoms with Crippen LogP contribution in [0.3, 0.4) is 0 Å². The minimum atomic E-state index is 0.889. The van der Waals surface area contributed by atoms with Gasteiger partial charge in [0, 0.05) is 17.2 Å². The maximum atomic E-state index is 4.09. The van der Waals surface area contributed by atoms with Crippen molar-refractivity contribution in [3.8, 4) is 11.8 Å². The Balaban J connectivity index is 2.12. The van der Waals surface area contributed by atoms with Crippen LogP contribution in [0.15, 0.2) is 35.4 Å². The Kier molecular flexibility index (Phi) is 2.59. The lowest BCUT2D eigenvalue weighted by Gasteiger charge is -1.96. The van der Waals surface area contributed by atoms with Crippen LogP contribution in [-0.4, -0.2) is 4.98 Å². The van der Waals surface area contributed by atoms with Crippen molar-refractivity contribution in [2.45, 2.75) is 12.8 Å². The molecule has 1 aromatic rings. The van der Waals surface area contributed by atoms with Crippen molar-refractivity contribution in [1.29, 1.82) is 0 Å². The third-order valence-corrected chi connectivity index (χ3v) is 2.43. The van der Waals surface area contributed by atoms with E-state index in [4.69, 9.17) is 0 Å². The lowest BCUT2D eigenvalue weighted by molar-refractivity contribution is 1.03. The molecule has 0 bridgehead atoms. The van der Waals surface area contributed by atoms with Gasteiger partial charge >= 0.3 is 0 Å². The molecule has 13 heavy (non-hydrogen) atoms. The summed E-state index contributed by atoms with van der Waals surface area (Å²) in [5, 5.41) is 2.83. The van der Waals surface area contributed by atoms with Gasteiger partial charge in [-0.1, -0.05) is 24.1 Å². The summed E-state index contributed by atoms with van der Waals surface area (Å²) in [6.45, 7) is 0. The van der Waals surface area contributed by atoms with Gasteiger partial charge in [0.1, 0.15) is 0 Å². The molecule has 0 saturated carbocycles. The molecule has 0 aliphatic heterocycles. The van der Waals surface area contributed by atoms with Crippen LogP contribution in [0.25, 0.3) is 0 Å². The first-order valence-corrected chi connectivity index (χ1v) is 5.11. The van der Waals surface area contributed by atoms with E-state index in [1.165, 1.54) is 0 Å². The summed E-state index contributed by atoms with van der Waals surface area (Å²) in [6, 6.07) is 0. The van der Waals surface area contributed by atoms with Gasteiger partial charge in [0.05, 0.1) is 0 Å². The Hall–Kier alpha value is -1.33. The number of thiazole rings is 1. The molecular weight excluding hydrogens is 178 g/mol. The van der Waals surface area contributed by atoms with Crippen LogP contribution < -0.4 is 0 Å². The van der Waals surface area contributed by atoms with E-state index < -0.39 is 0 Å². The highest BCUT2D eigenvalue weighted by Gasteiger charge is 1.92. The Morgan fingerprint density at radius 3 is 3.00 bits per heavy atom. The third kappa shape index (κ3) is 2.30. The minimum Gasteiger partial charge on any atom is -0.236 e. The van der Waals surface area contributed by atoms with Gasteiger partial charge in [0.2, 0.25) is 0 Å². The van der Waals surface area contributed by atoms with E-state index in [1.54, 1.807) is 17.5 Å². The first kappa shape index (κ1) is 8.28. The predicted octanol–water partition coefficient (Wildman–Crippen LogP) is 2.77. The van der Waals surface area contributed by atoms with E-state index in [2.05, 4.69) is 35.1 Å². The van der Waals surface area contributed by atoms with E-state index in [9.17, 15) is 0 Å². The highest BCUT2D eigenvalue weighted by Crippen LogP contribution is 2.09. The maximum absolute atomic E-state index is 4.09. The van der Waals surface area contributed by atoms with E-state index >= 15 is 0 Å². The van der Waals surface area contributed by atoms with Crippen LogP contribution >= 0.6 is 11.3 Å². The lowest BCUT2D eigenvalue weighted by atomic mass is 10.1. The number of hydrogen-bond acceptors (Lipinski definition) is 2. The smallest absolute Gasteiger partial charge is 0.167 e. The van der Waals surface area contributed by atoms with Crippen LogP contribution in [0.1, 0.15) is 17.8 Å². The highest BCUT2D eigenvalue weighted by molar-refractivity contribution is 7.10. The molecule has 1 heterocycles. The second-order valence-corrected chi connectivity index (χ2v) is 3.62. The molecule has 64 valence electrons. The van der Waals surface area contributed by atoms with Gasteiger partial charge in [-0.25, -0.2) is 4.98 Å². The van der Waals surface area contributed by atoms with Crippen molar-refractivity contribution < 1.29 is 0 Å². The monoisotopic (exact) mass is 187 g/mol. The fourth-order valence-electron chi connectivity index (χ4n) is 1.12. The molecule has 0 radical (unpaired) electrons. The van der Waals surface area contributed by atoms with Gasteiger partial charge in [-0.2, -0.15) is 0 Å². The first-order valence-electron chi connectivity index (χ1n) is 4.23. The number of hydrogen-bond donors (Lipinski definition) is 0. The SMILES string of the molecule is C(#Cc1nccs1)C1=CCCC=C1. The van der Waals surface area contributed by atoms with Gasteiger partial charge in [-0.05, 0) is 18.8 Å². The number of allylic oxidation sites excluding steroid dienone is 4. The second-order valence-electron chi connectivity index (χ2n) is 2.73. The maximum Gasteiger partial charge on any atom is 0.167 e. The summed E-state index contributed by atoms with van der Waals surface area (Å²) in [5.41, 5.74) is 1.11. The van der Waals surface area contributed by atoms with E-state index in [-0.39, 0.29) is 0 Å². The molecule has 0 saturated heterocycles. The quantitative estimate of drug-likeness (QED) is 0.569. The number of nitrogens with zero attached hydrogens (tertiary/aromatic N) is 1. The molecule has 2 heteroatoms. The van der Waals surface area contributed by atoms with Crippen molar-refractivity contribution in [3.63, 3.8) is 0 Å². The fourth-order valence-corrected chi connectivity index (χ4v) is 1.60. The van der Waals surface area contributed by atoms with Gasteiger partial charge in [0.15, 0.2) is 5.01 Å². The van der Waals surface area contributed by atoms with Crippen molar-refractivity contribution in [2.24, 2.45) is 0 Å².